The Morgan fingerprint density at radius 2 is 1.78 bits per heavy atom. The van der Waals surface area contributed by atoms with Gasteiger partial charge in [0.2, 0.25) is 0 Å². The van der Waals surface area contributed by atoms with Crippen LogP contribution in [0.25, 0.3) is 10.9 Å². The molecule has 2 aromatic rings. The molecule has 3 heteroatoms. The summed E-state index contributed by atoms with van der Waals surface area (Å²) in [5.74, 6) is 0. The van der Waals surface area contributed by atoms with Gasteiger partial charge in [-0.05, 0) is 37.1 Å². The number of benzene rings is 1. The first-order valence-electron chi connectivity index (χ1n) is 6.64. The van der Waals surface area contributed by atoms with E-state index in [0.717, 1.165) is 23.6 Å². The molecule has 0 amide bonds. The predicted octanol–water partition coefficient (Wildman–Crippen LogP) is 4.27. The van der Waals surface area contributed by atoms with Crippen LogP contribution in [-0.2, 0) is 0 Å². The van der Waals surface area contributed by atoms with Gasteiger partial charge in [0.25, 0.3) is 0 Å². The lowest BCUT2D eigenvalue weighted by molar-refractivity contribution is 0.726. The molecule has 0 bridgehead atoms. The van der Waals surface area contributed by atoms with Crippen molar-refractivity contribution in [1.82, 2.24) is 4.98 Å². The van der Waals surface area contributed by atoms with Crippen LogP contribution in [-0.4, -0.2) is 18.1 Å². The summed E-state index contributed by atoms with van der Waals surface area (Å²) in [4.78, 5) is 6.90. The van der Waals surface area contributed by atoms with E-state index >= 15 is 0 Å². The Morgan fingerprint density at radius 1 is 1.00 bits per heavy atom. The molecule has 1 aromatic heterocycles. The van der Waals surface area contributed by atoms with Crippen LogP contribution in [0.5, 0.6) is 0 Å². The van der Waals surface area contributed by atoms with Gasteiger partial charge in [0, 0.05) is 35.4 Å². The number of pyridine rings is 1. The minimum Gasteiger partial charge on any atom is -0.371 e. The van der Waals surface area contributed by atoms with Crippen molar-refractivity contribution in [2.45, 2.75) is 25.7 Å². The van der Waals surface area contributed by atoms with Gasteiger partial charge in [0.15, 0.2) is 0 Å². The molecule has 2 nitrogen and oxygen atoms in total. The molecule has 0 N–H and O–H groups in total. The van der Waals surface area contributed by atoms with E-state index in [1.54, 1.807) is 0 Å². The normalized spacial score (nSPS) is 16.8. The number of nitrogens with zero attached hydrogens (tertiary/aromatic N) is 2. The van der Waals surface area contributed by atoms with Crippen LogP contribution in [0.1, 0.15) is 25.7 Å². The second-order valence-corrected chi connectivity index (χ2v) is 5.33. The number of anilines is 1. The standard InChI is InChI=1S/C15H17ClN2/c16-12-5-6-13-14(11-12)17-8-7-15(13)18-9-3-1-2-4-10-18/h5-8,11H,1-4,9-10H2. The Hall–Kier alpha value is -1.28. The van der Waals surface area contributed by atoms with Gasteiger partial charge in [-0.1, -0.05) is 24.4 Å². The van der Waals surface area contributed by atoms with Gasteiger partial charge in [0.05, 0.1) is 5.52 Å². The smallest absolute Gasteiger partial charge is 0.0737 e. The van der Waals surface area contributed by atoms with Gasteiger partial charge in [-0.3, -0.25) is 4.98 Å². The van der Waals surface area contributed by atoms with Crippen LogP contribution in [0.2, 0.25) is 5.02 Å². The largest absolute Gasteiger partial charge is 0.371 e. The summed E-state index contributed by atoms with van der Waals surface area (Å²) in [5.41, 5.74) is 2.29. The van der Waals surface area contributed by atoms with E-state index < -0.39 is 0 Å². The highest BCUT2D eigenvalue weighted by Crippen LogP contribution is 2.28. The Balaban J connectivity index is 2.04. The second kappa shape index (κ2) is 5.15. The molecule has 0 spiro atoms. The van der Waals surface area contributed by atoms with Crippen molar-refractivity contribution in [3.8, 4) is 0 Å². The van der Waals surface area contributed by atoms with E-state index in [9.17, 15) is 0 Å². The van der Waals surface area contributed by atoms with Gasteiger partial charge in [-0.2, -0.15) is 0 Å². The number of halogens is 1. The Morgan fingerprint density at radius 3 is 2.56 bits per heavy atom. The average molecular weight is 261 g/mol. The molecule has 0 radical (unpaired) electrons. The third-order valence-corrected chi connectivity index (χ3v) is 3.86. The quantitative estimate of drug-likeness (QED) is 0.761. The van der Waals surface area contributed by atoms with Crippen LogP contribution >= 0.6 is 11.6 Å². The number of fused-ring (bicyclic) bond motifs is 1. The lowest BCUT2D eigenvalue weighted by atomic mass is 10.1. The molecule has 1 aromatic carbocycles. The summed E-state index contributed by atoms with van der Waals surface area (Å²) < 4.78 is 0. The van der Waals surface area contributed by atoms with Crippen molar-refractivity contribution in [3.63, 3.8) is 0 Å². The van der Waals surface area contributed by atoms with Crippen LogP contribution in [0.4, 0.5) is 5.69 Å². The highest BCUT2D eigenvalue weighted by atomic mass is 35.5. The SMILES string of the molecule is Clc1ccc2c(N3CCCCCC3)ccnc2c1. The van der Waals surface area contributed by atoms with Crippen molar-refractivity contribution in [1.29, 1.82) is 0 Å². The number of rotatable bonds is 1. The van der Waals surface area contributed by atoms with Crippen molar-refractivity contribution in [3.05, 3.63) is 35.5 Å². The number of hydrogen-bond donors (Lipinski definition) is 0. The Labute approximate surface area is 113 Å². The molecular weight excluding hydrogens is 244 g/mol. The van der Waals surface area contributed by atoms with Crippen LogP contribution in [0.15, 0.2) is 30.5 Å². The molecule has 0 saturated carbocycles. The zero-order valence-corrected chi connectivity index (χ0v) is 11.2. The van der Waals surface area contributed by atoms with Crippen LogP contribution in [0.3, 0.4) is 0 Å². The molecule has 2 heterocycles. The molecular formula is C15H17ClN2. The maximum atomic E-state index is 6.03. The third-order valence-electron chi connectivity index (χ3n) is 3.63. The molecule has 1 fully saturated rings. The lowest BCUT2D eigenvalue weighted by Crippen LogP contribution is -2.24. The predicted molar refractivity (Wildman–Crippen MR) is 77.4 cm³/mol. The summed E-state index contributed by atoms with van der Waals surface area (Å²) in [7, 11) is 0. The summed E-state index contributed by atoms with van der Waals surface area (Å²) in [6, 6.07) is 8.11. The summed E-state index contributed by atoms with van der Waals surface area (Å²) >= 11 is 6.03. The minimum atomic E-state index is 0.753. The van der Waals surface area contributed by atoms with Crippen LogP contribution in [0, 0.1) is 0 Å². The molecule has 18 heavy (non-hydrogen) atoms. The molecule has 0 aliphatic carbocycles. The van der Waals surface area contributed by atoms with E-state index in [-0.39, 0.29) is 0 Å². The summed E-state index contributed by atoms with van der Waals surface area (Å²) in [6.45, 7) is 2.31. The van der Waals surface area contributed by atoms with Gasteiger partial charge in [0.1, 0.15) is 0 Å². The van der Waals surface area contributed by atoms with Gasteiger partial charge in [-0.25, -0.2) is 0 Å². The molecule has 1 saturated heterocycles. The minimum absolute atomic E-state index is 0.753. The number of hydrogen-bond acceptors (Lipinski definition) is 2. The monoisotopic (exact) mass is 260 g/mol. The molecule has 94 valence electrons. The van der Waals surface area contributed by atoms with E-state index in [0.29, 0.717) is 0 Å². The molecule has 0 atom stereocenters. The second-order valence-electron chi connectivity index (χ2n) is 4.89. The van der Waals surface area contributed by atoms with Gasteiger partial charge < -0.3 is 4.90 Å². The van der Waals surface area contributed by atoms with Crippen molar-refractivity contribution < 1.29 is 0 Å². The maximum absolute atomic E-state index is 6.03. The van der Waals surface area contributed by atoms with Crippen LogP contribution < -0.4 is 4.90 Å². The third kappa shape index (κ3) is 2.30. The van der Waals surface area contributed by atoms with Gasteiger partial charge >= 0.3 is 0 Å². The van der Waals surface area contributed by atoms with Gasteiger partial charge in [-0.15, -0.1) is 0 Å². The highest BCUT2D eigenvalue weighted by Gasteiger charge is 2.12. The molecule has 0 unspecified atom stereocenters. The Kier molecular flexibility index (Phi) is 3.37. The number of aromatic nitrogens is 1. The van der Waals surface area contributed by atoms with E-state index in [1.165, 1.54) is 36.8 Å². The zero-order chi connectivity index (χ0) is 12.4. The summed E-state index contributed by atoms with van der Waals surface area (Å²) in [6.07, 6.45) is 7.17. The van der Waals surface area contributed by atoms with E-state index in [1.807, 2.05) is 18.3 Å². The fourth-order valence-corrected chi connectivity index (χ4v) is 2.86. The average Bonchev–Trinajstić information content (AvgIpc) is 2.66. The highest BCUT2D eigenvalue weighted by molar-refractivity contribution is 6.31. The molecule has 3 rings (SSSR count). The Bertz CT molecular complexity index is 545. The first-order valence-corrected chi connectivity index (χ1v) is 7.01. The zero-order valence-electron chi connectivity index (χ0n) is 10.4. The topological polar surface area (TPSA) is 16.1 Å². The lowest BCUT2D eigenvalue weighted by Gasteiger charge is -2.24. The fourth-order valence-electron chi connectivity index (χ4n) is 2.69. The molecule has 1 aliphatic rings. The fraction of sp³-hybridized carbons (Fsp3) is 0.400. The molecule has 1 aliphatic heterocycles. The first kappa shape index (κ1) is 11.8. The summed E-state index contributed by atoms with van der Waals surface area (Å²) in [5, 5.41) is 1.96. The van der Waals surface area contributed by atoms with E-state index in [2.05, 4.69) is 22.0 Å². The van der Waals surface area contributed by atoms with Crippen molar-refractivity contribution in [2.24, 2.45) is 0 Å². The first-order chi connectivity index (χ1) is 8.84. The van der Waals surface area contributed by atoms with Crippen molar-refractivity contribution in [2.75, 3.05) is 18.0 Å². The van der Waals surface area contributed by atoms with E-state index in [4.69, 9.17) is 11.6 Å². The maximum Gasteiger partial charge on any atom is 0.0737 e. The van der Waals surface area contributed by atoms with Crippen molar-refractivity contribution >= 4 is 28.2 Å².